The van der Waals surface area contributed by atoms with Crippen molar-refractivity contribution in [3.63, 3.8) is 0 Å². The first-order valence-electron chi connectivity index (χ1n) is 13.4. The Bertz CT molecular complexity index is 1380. The Morgan fingerprint density at radius 2 is 1.89 bits per heavy atom. The molecule has 1 amide bonds. The number of hydrogen-bond acceptors (Lipinski definition) is 9. The van der Waals surface area contributed by atoms with E-state index in [9.17, 15) is 15.2 Å². The molecule has 5 heterocycles. The quantitative estimate of drug-likeness (QED) is 0.470. The molecule has 1 aliphatic carbocycles. The average Bonchev–Trinajstić information content (AvgIpc) is 3.80. The van der Waals surface area contributed by atoms with E-state index in [1.54, 1.807) is 24.5 Å². The number of rotatable bonds is 5. The van der Waals surface area contributed by atoms with E-state index in [1.165, 1.54) is 0 Å². The maximum Gasteiger partial charge on any atom is 0.274 e. The summed E-state index contributed by atoms with van der Waals surface area (Å²) in [5, 5.41) is 22.8. The molecule has 0 spiro atoms. The van der Waals surface area contributed by atoms with Gasteiger partial charge in [-0.05, 0) is 55.9 Å². The summed E-state index contributed by atoms with van der Waals surface area (Å²) in [6.07, 6.45) is 8.59. The van der Waals surface area contributed by atoms with Gasteiger partial charge in [0.15, 0.2) is 0 Å². The minimum Gasteiger partial charge on any atom is -0.391 e. The summed E-state index contributed by atoms with van der Waals surface area (Å²) < 4.78 is 0. The van der Waals surface area contributed by atoms with Gasteiger partial charge in [-0.1, -0.05) is 0 Å². The molecule has 6 rings (SSSR count). The first-order chi connectivity index (χ1) is 18.5. The smallest absolute Gasteiger partial charge is 0.274 e. The lowest BCUT2D eigenvalue weighted by Crippen LogP contribution is -2.57. The number of amides is 1. The zero-order valence-corrected chi connectivity index (χ0v) is 21.2. The van der Waals surface area contributed by atoms with Crippen LogP contribution in [0.4, 0.5) is 17.1 Å². The number of nitrogens with two attached hydrogens (primary N) is 1. The Labute approximate surface area is 221 Å². The fourth-order valence-electron chi connectivity index (χ4n) is 5.77. The normalized spacial score (nSPS) is 24.3. The van der Waals surface area contributed by atoms with Gasteiger partial charge in [0, 0.05) is 50.3 Å². The van der Waals surface area contributed by atoms with Gasteiger partial charge in [-0.3, -0.25) is 14.8 Å². The third-order valence-electron chi connectivity index (χ3n) is 8.15. The van der Waals surface area contributed by atoms with Crippen molar-refractivity contribution in [2.75, 3.05) is 41.3 Å². The molecule has 3 atom stereocenters. The fraction of sp³-hybridized carbons (Fsp3) is 0.464. The summed E-state index contributed by atoms with van der Waals surface area (Å²) in [6.45, 7) is 2.80. The second-order valence-corrected chi connectivity index (χ2v) is 10.7. The number of pyridine rings is 3. The van der Waals surface area contributed by atoms with Crippen LogP contribution < -0.4 is 20.9 Å². The number of aromatic nitrogens is 3. The highest BCUT2D eigenvalue weighted by atomic mass is 16.3. The van der Waals surface area contributed by atoms with E-state index in [4.69, 9.17) is 5.73 Å². The highest BCUT2D eigenvalue weighted by Crippen LogP contribution is 2.42. The second kappa shape index (κ2) is 10.2. The summed E-state index contributed by atoms with van der Waals surface area (Å²) in [4.78, 5) is 31.1. The summed E-state index contributed by atoms with van der Waals surface area (Å²) in [5.41, 5.74) is 10.3. The molecule has 1 saturated carbocycles. The topological polar surface area (TPSA) is 144 Å². The molecule has 3 unspecified atom stereocenters. The predicted molar refractivity (Wildman–Crippen MR) is 145 cm³/mol. The van der Waals surface area contributed by atoms with Crippen LogP contribution in [-0.2, 0) is 0 Å². The molecule has 3 aromatic rings. The summed E-state index contributed by atoms with van der Waals surface area (Å²) in [7, 11) is 0. The molecule has 3 fully saturated rings. The molecule has 196 valence electrons. The number of anilines is 3. The number of carbonyl (C=O) groups excluding carboxylic acids is 1. The van der Waals surface area contributed by atoms with E-state index in [1.807, 2.05) is 18.3 Å². The first kappa shape index (κ1) is 24.5. The van der Waals surface area contributed by atoms with Crippen LogP contribution in [-0.4, -0.2) is 64.3 Å². The van der Waals surface area contributed by atoms with Crippen LogP contribution in [0, 0.1) is 29.1 Å². The van der Waals surface area contributed by atoms with E-state index in [2.05, 4.69) is 36.1 Å². The zero-order valence-electron chi connectivity index (χ0n) is 21.2. The van der Waals surface area contributed by atoms with Gasteiger partial charge in [0.25, 0.3) is 5.91 Å². The number of aliphatic hydroxyl groups excluding tert-OH is 1. The standard InChI is InChI=1S/C28H32N8O2/c29-12-17-6-9-35(10-7-17)19-11-24-22(32-13-19)3-4-23(33-24)28(38)34-25-14-31-8-5-26(25)36-15-20(18-1-2-18)27(37)21(30)16-36/h3-5,8,11,13-14,17-18,20-21,27,37H,1-2,6-7,9-10,15-16,30H2,(H,34,38). The maximum atomic E-state index is 13.3. The lowest BCUT2D eigenvalue weighted by Gasteiger charge is -2.42. The molecule has 2 aliphatic heterocycles. The van der Waals surface area contributed by atoms with Gasteiger partial charge in [0.2, 0.25) is 0 Å². The van der Waals surface area contributed by atoms with Crippen molar-refractivity contribution in [3.8, 4) is 6.07 Å². The minimum atomic E-state index is -0.503. The van der Waals surface area contributed by atoms with E-state index in [0.29, 0.717) is 35.7 Å². The van der Waals surface area contributed by atoms with Crippen LogP contribution in [0.25, 0.3) is 11.0 Å². The van der Waals surface area contributed by atoms with Crippen molar-refractivity contribution in [1.29, 1.82) is 5.26 Å². The second-order valence-electron chi connectivity index (χ2n) is 10.7. The lowest BCUT2D eigenvalue weighted by atomic mass is 9.87. The van der Waals surface area contributed by atoms with Crippen molar-refractivity contribution in [3.05, 3.63) is 48.5 Å². The largest absolute Gasteiger partial charge is 0.391 e. The van der Waals surface area contributed by atoms with Crippen LogP contribution in [0.1, 0.15) is 36.2 Å². The van der Waals surface area contributed by atoms with Crippen LogP contribution in [0.2, 0.25) is 0 Å². The Kier molecular flexibility index (Phi) is 6.55. The molecule has 4 N–H and O–H groups in total. The van der Waals surface area contributed by atoms with Crippen LogP contribution >= 0.6 is 0 Å². The average molecular weight is 513 g/mol. The number of aliphatic hydroxyl groups is 1. The Hall–Kier alpha value is -3.81. The van der Waals surface area contributed by atoms with Gasteiger partial charge in [-0.25, -0.2) is 4.98 Å². The van der Waals surface area contributed by atoms with E-state index in [0.717, 1.165) is 50.1 Å². The number of nitrogens with one attached hydrogen (secondary N) is 1. The third kappa shape index (κ3) is 4.87. The van der Waals surface area contributed by atoms with Crippen LogP contribution in [0.5, 0.6) is 0 Å². The van der Waals surface area contributed by atoms with Gasteiger partial charge in [0.05, 0.1) is 52.7 Å². The van der Waals surface area contributed by atoms with Crippen molar-refractivity contribution < 1.29 is 9.90 Å². The first-order valence-corrected chi connectivity index (χ1v) is 13.4. The Morgan fingerprint density at radius 3 is 2.66 bits per heavy atom. The molecule has 0 radical (unpaired) electrons. The van der Waals surface area contributed by atoms with Gasteiger partial charge in [-0.2, -0.15) is 5.26 Å². The lowest BCUT2D eigenvalue weighted by molar-refractivity contribution is 0.0594. The number of nitriles is 1. The number of piperidine rings is 2. The molecule has 3 aliphatic rings. The molecular weight excluding hydrogens is 480 g/mol. The number of hydrogen-bond donors (Lipinski definition) is 3. The highest BCUT2D eigenvalue weighted by Gasteiger charge is 2.43. The van der Waals surface area contributed by atoms with Crippen molar-refractivity contribution in [1.82, 2.24) is 15.0 Å². The zero-order chi connectivity index (χ0) is 26.2. The van der Waals surface area contributed by atoms with Gasteiger partial charge in [-0.15, -0.1) is 0 Å². The number of nitrogens with zero attached hydrogens (tertiary/aromatic N) is 6. The number of fused-ring (bicyclic) bond motifs is 1. The fourth-order valence-corrected chi connectivity index (χ4v) is 5.77. The van der Waals surface area contributed by atoms with Gasteiger partial charge in [0.1, 0.15) is 5.69 Å². The van der Waals surface area contributed by atoms with Crippen molar-refractivity contribution >= 4 is 34.0 Å². The van der Waals surface area contributed by atoms with Crippen LogP contribution in [0.3, 0.4) is 0 Å². The molecule has 0 bridgehead atoms. The molecule has 10 heteroatoms. The summed E-state index contributed by atoms with van der Waals surface area (Å²) in [5.74, 6) is 0.416. The third-order valence-corrected chi connectivity index (χ3v) is 8.15. The highest BCUT2D eigenvalue weighted by molar-refractivity contribution is 6.05. The predicted octanol–water partition coefficient (Wildman–Crippen LogP) is 2.55. The van der Waals surface area contributed by atoms with E-state index < -0.39 is 6.10 Å². The minimum absolute atomic E-state index is 0.107. The molecule has 38 heavy (non-hydrogen) atoms. The Morgan fingerprint density at radius 1 is 1.08 bits per heavy atom. The number of carbonyl (C=O) groups is 1. The van der Waals surface area contributed by atoms with Crippen LogP contribution in [0.15, 0.2) is 42.9 Å². The van der Waals surface area contributed by atoms with Crippen molar-refractivity contribution in [2.45, 2.75) is 37.8 Å². The SMILES string of the molecule is N#CC1CCN(c2cnc3ccc(C(=O)Nc4cnccc4N4CC(N)C(O)C(C5CC5)C4)nc3c2)CC1. The van der Waals surface area contributed by atoms with E-state index in [-0.39, 0.29) is 29.5 Å². The summed E-state index contributed by atoms with van der Waals surface area (Å²) in [6, 6.07) is 9.33. The van der Waals surface area contributed by atoms with Gasteiger partial charge < -0.3 is 26.0 Å². The monoisotopic (exact) mass is 512 g/mol. The summed E-state index contributed by atoms with van der Waals surface area (Å²) >= 11 is 0. The molecule has 2 saturated heterocycles. The molecular formula is C28H32N8O2. The maximum absolute atomic E-state index is 13.3. The van der Waals surface area contributed by atoms with Crippen molar-refractivity contribution in [2.24, 2.45) is 23.5 Å². The molecule has 3 aromatic heterocycles. The van der Waals surface area contributed by atoms with E-state index >= 15 is 0 Å². The molecule has 10 nitrogen and oxygen atoms in total. The Balaban J connectivity index is 1.21. The molecule has 0 aromatic carbocycles. The van der Waals surface area contributed by atoms with Gasteiger partial charge >= 0.3 is 0 Å².